The van der Waals surface area contributed by atoms with Crippen LogP contribution in [0, 0.1) is 5.82 Å². The number of thioether (sulfide) groups is 1. The molecule has 1 aliphatic rings. The minimum atomic E-state index is -0.426. The Balaban J connectivity index is 1.52. The summed E-state index contributed by atoms with van der Waals surface area (Å²) in [5.41, 5.74) is 2.20. The lowest BCUT2D eigenvalue weighted by Crippen LogP contribution is -2.23. The molecule has 25 heavy (non-hydrogen) atoms. The fourth-order valence-corrected chi connectivity index (χ4v) is 3.59. The molecule has 0 fully saturated rings. The number of nitrogens with one attached hydrogen (secondary N) is 1. The first kappa shape index (κ1) is 15.8. The molecule has 126 valence electrons. The van der Waals surface area contributed by atoms with Crippen molar-refractivity contribution in [1.82, 2.24) is 10.2 Å². The normalized spacial score (nSPS) is 16.8. The summed E-state index contributed by atoms with van der Waals surface area (Å²) in [5.74, 6) is -0.413. The molecule has 0 aliphatic carbocycles. The van der Waals surface area contributed by atoms with E-state index in [1.54, 1.807) is 18.2 Å². The highest BCUT2D eigenvalue weighted by molar-refractivity contribution is 8.00. The van der Waals surface area contributed by atoms with E-state index in [1.807, 2.05) is 24.3 Å². The second-order valence-electron chi connectivity index (χ2n) is 5.64. The lowest BCUT2D eigenvalue weighted by molar-refractivity contribution is -0.115. The largest absolute Gasteiger partial charge is 0.411 e. The molecule has 1 N–H and O–H groups in total. The molecule has 1 amide bonds. The van der Waals surface area contributed by atoms with Gasteiger partial charge in [0.05, 0.1) is 10.8 Å². The molecule has 2 aromatic carbocycles. The van der Waals surface area contributed by atoms with Crippen LogP contribution >= 0.6 is 11.8 Å². The summed E-state index contributed by atoms with van der Waals surface area (Å²) in [6.07, 6.45) is 1.44. The third-order valence-electron chi connectivity index (χ3n) is 4.00. The number of anilines is 1. The maximum absolute atomic E-state index is 13.8. The molecule has 5 nitrogen and oxygen atoms in total. The number of rotatable bonds is 3. The lowest BCUT2D eigenvalue weighted by atomic mass is 10.1. The van der Waals surface area contributed by atoms with Crippen LogP contribution in [0.15, 0.2) is 58.2 Å². The van der Waals surface area contributed by atoms with Gasteiger partial charge in [-0.25, -0.2) is 4.39 Å². The molecule has 1 aromatic heterocycles. The highest BCUT2D eigenvalue weighted by atomic mass is 32.2. The first-order valence-electron chi connectivity index (χ1n) is 7.84. The van der Waals surface area contributed by atoms with Gasteiger partial charge in [0.2, 0.25) is 5.91 Å². The zero-order chi connectivity index (χ0) is 17.2. The summed E-state index contributed by atoms with van der Waals surface area (Å²) in [4.78, 5) is 12.4. The van der Waals surface area contributed by atoms with E-state index in [2.05, 4.69) is 15.5 Å². The van der Waals surface area contributed by atoms with Crippen LogP contribution < -0.4 is 5.32 Å². The smallest absolute Gasteiger partial charge is 0.277 e. The number of aromatic nitrogens is 2. The Kier molecular flexibility index (Phi) is 4.23. The summed E-state index contributed by atoms with van der Waals surface area (Å²) in [5, 5.41) is 10.7. The van der Waals surface area contributed by atoms with Gasteiger partial charge in [0.15, 0.2) is 0 Å². The van der Waals surface area contributed by atoms with Gasteiger partial charge in [-0.3, -0.25) is 4.79 Å². The van der Waals surface area contributed by atoms with Crippen molar-refractivity contribution < 1.29 is 13.6 Å². The maximum atomic E-state index is 13.8. The van der Waals surface area contributed by atoms with Crippen LogP contribution in [0.5, 0.6) is 0 Å². The number of fused-ring (bicyclic) bond motifs is 1. The van der Waals surface area contributed by atoms with Crippen molar-refractivity contribution in [2.45, 2.75) is 23.3 Å². The summed E-state index contributed by atoms with van der Waals surface area (Å²) in [6, 6.07) is 14.0. The first-order valence-corrected chi connectivity index (χ1v) is 8.72. The topological polar surface area (TPSA) is 68.0 Å². The zero-order valence-electron chi connectivity index (χ0n) is 13.1. The predicted octanol–water partition coefficient (Wildman–Crippen LogP) is 3.92. The molecule has 1 aliphatic heterocycles. The first-order chi connectivity index (χ1) is 12.2. The second-order valence-corrected chi connectivity index (χ2v) is 6.80. The van der Waals surface area contributed by atoms with Gasteiger partial charge in [-0.15, -0.1) is 10.2 Å². The van der Waals surface area contributed by atoms with Crippen molar-refractivity contribution in [3.05, 3.63) is 59.9 Å². The highest BCUT2D eigenvalue weighted by Crippen LogP contribution is 2.32. The van der Waals surface area contributed by atoms with Crippen molar-refractivity contribution in [3.63, 3.8) is 0 Å². The van der Waals surface area contributed by atoms with E-state index in [9.17, 15) is 9.18 Å². The highest BCUT2D eigenvalue weighted by Gasteiger charge is 2.26. The van der Waals surface area contributed by atoms with Gasteiger partial charge in [-0.1, -0.05) is 42.1 Å². The van der Waals surface area contributed by atoms with E-state index in [1.165, 1.54) is 17.8 Å². The molecular weight excluding hydrogens is 341 g/mol. The van der Waals surface area contributed by atoms with Crippen LogP contribution in [-0.2, 0) is 11.2 Å². The van der Waals surface area contributed by atoms with Crippen LogP contribution in [0.25, 0.3) is 11.5 Å². The van der Waals surface area contributed by atoms with Crippen molar-refractivity contribution in [3.8, 4) is 11.5 Å². The number of halogens is 1. The monoisotopic (exact) mass is 355 g/mol. The number of hydrogen-bond donors (Lipinski definition) is 1. The van der Waals surface area contributed by atoms with Crippen molar-refractivity contribution in [2.75, 3.05) is 5.32 Å². The van der Waals surface area contributed by atoms with E-state index in [0.29, 0.717) is 6.42 Å². The molecule has 0 saturated heterocycles. The van der Waals surface area contributed by atoms with E-state index in [4.69, 9.17) is 4.42 Å². The SMILES string of the molecule is O=C1Nc2ccccc2CC[C@@H]1Sc1nnc(-c2ccccc2F)o1. The summed E-state index contributed by atoms with van der Waals surface area (Å²) in [7, 11) is 0. The minimum Gasteiger partial charge on any atom is -0.411 e. The van der Waals surface area contributed by atoms with E-state index < -0.39 is 5.82 Å². The summed E-state index contributed by atoms with van der Waals surface area (Å²) in [6.45, 7) is 0. The summed E-state index contributed by atoms with van der Waals surface area (Å²) >= 11 is 1.20. The number of para-hydroxylation sites is 1. The number of benzene rings is 2. The Morgan fingerprint density at radius 2 is 1.92 bits per heavy atom. The minimum absolute atomic E-state index is 0.0967. The van der Waals surface area contributed by atoms with Crippen LogP contribution in [0.3, 0.4) is 0 Å². The van der Waals surface area contributed by atoms with Crippen LogP contribution in [0.1, 0.15) is 12.0 Å². The van der Waals surface area contributed by atoms with Crippen molar-refractivity contribution in [1.29, 1.82) is 0 Å². The molecule has 0 saturated carbocycles. The standard InChI is InChI=1S/C18H14FN3O2S/c19-13-7-3-2-6-12(13)17-21-22-18(24-17)25-15-10-9-11-5-1-4-8-14(11)20-16(15)23/h1-8,15H,9-10H2,(H,20,23)/t15-/m0/s1. The molecular formula is C18H14FN3O2S. The Bertz CT molecular complexity index is 928. The van der Waals surface area contributed by atoms with E-state index in [0.717, 1.165) is 17.7 Å². The molecule has 1 atom stereocenters. The van der Waals surface area contributed by atoms with E-state index >= 15 is 0 Å². The van der Waals surface area contributed by atoms with Gasteiger partial charge in [-0.2, -0.15) is 0 Å². The zero-order valence-corrected chi connectivity index (χ0v) is 13.9. The average molecular weight is 355 g/mol. The molecule has 0 radical (unpaired) electrons. The Labute approximate surface area is 147 Å². The van der Waals surface area contributed by atoms with Gasteiger partial charge in [0.25, 0.3) is 11.1 Å². The second kappa shape index (κ2) is 6.68. The lowest BCUT2D eigenvalue weighted by Gasteiger charge is -2.09. The van der Waals surface area contributed by atoms with Gasteiger partial charge < -0.3 is 9.73 Å². The Hall–Kier alpha value is -2.67. The molecule has 0 unspecified atom stereocenters. The predicted molar refractivity (Wildman–Crippen MR) is 92.7 cm³/mol. The fraction of sp³-hybridized carbons (Fsp3) is 0.167. The molecule has 2 heterocycles. The van der Waals surface area contributed by atoms with Gasteiger partial charge in [0, 0.05) is 5.69 Å². The van der Waals surface area contributed by atoms with Gasteiger partial charge >= 0.3 is 0 Å². The molecule has 0 bridgehead atoms. The van der Waals surface area contributed by atoms with Gasteiger partial charge in [-0.05, 0) is 36.6 Å². The molecule has 4 rings (SSSR count). The molecule has 0 spiro atoms. The number of amides is 1. The van der Waals surface area contributed by atoms with E-state index in [-0.39, 0.29) is 27.8 Å². The Morgan fingerprint density at radius 3 is 2.80 bits per heavy atom. The number of aryl methyl sites for hydroxylation is 1. The summed E-state index contributed by atoms with van der Waals surface area (Å²) < 4.78 is 19.4. The third kappa shape index (κ3) is 3.28. The quantitative estimate of drug-likeness (QED) is 0.771. The third-order valence-corrected chi connectivity index (χ3v) is 5.10. The molecule has 7 heteroatoms. The number of carbonyl (C=O) groups excluding carboxylic acids is 1. The number of carbonyl (C=O) groups is 1. The van der Waals surface area contributed by atoms with Gasteiger partial charge in [0.1, 0.15) is 5.82 Å². The number of hydrogen-bond acceptors (Lipinski definition) is 5. The number of nitrogens with zero attached hydrogens (tertiary/aromatic N) is 2. The molecule has 3 aromatic rings. The van der Waals surface area contributed by atoms with Crippen LogP contribution in [0.2, 0.25) is 0 Å². The van der Waals surface area contributed by atoms with Crippen LogP contribution in [-0.4, -0.2) is 21.4 Å². The van der Waals surface area contributed by atoms with Crippen LogP contribution in [0.4, 0.5) is 10.1 Å². The average Bonchev–Trinajstić information content (AvgIpc) is 3.01. The van der Waals surface area contributed by atoms with Crippen molar-refractivity contribution >= 4 is 23.4 Å². The van der Waals surface area contributed by atoms with Crippen molar-refractivity contribution in [2.24, 2.45) is 0 Å². The Morgan fingerprint density at radius 1 is 1.12 bits per heavy atom. The maximum Gasteiger partial charge on any atom is 0.277 e. The fourth-order valence-electron chi connectivity index (χ4n) is 2.73.